The summed E-state index contributed by atoms with van der Waals surface area (Å²) in [6.45, 7) is 0. The van der Waals surface area contributed by atoms with Crippen LogP contribution >= 0.6 is 0 Å². The Bertz CT molecular complexity index is 2230. The maximum absolute atomic E-state index is 13.2. The predicted molar refractivity (Wildman–Crippen MR) is 159 cm³/mol. The van der Waals surface area contributed by atoms with E-state index < -0.39 is 0 Å². The molecule has 3 heterocycles. The lowest BCUT2D eigenvalue weighted by Crippen LogP contribution is -2.07. The summed E-state index contributed by atoms with van der Waals surface area (Å²) in [5, 5.41) is 4.30. The van der Waals surface area contributed by atoms with Crippen molar-refractivity contribution in [2.45, 2.75) is 0 Å². The lowest BCUT2D eigenvalue weighted by atomic mass is 10.0. The van der Waals surface area contributed by atoms with E-state index in [0.29, 0.717) is 28.6 Å². The molecule has 0 spiro atoms. The molecule has 0 atom stereocenters. The highest BCUT2D eigenvalue weighted by atomic mass is 16.4. The van der Waals surface area contributed by atoms with E-state index in [1.165, 1.54) is 0 Å². The number of para-hydroxylation sites is 2. The van der Waals surface area contributed by atoms with Gasteiger partial charge in [-0.2, -0.15) is 9.97 Å². The van der Waals surface area contributed by atoms with Gasteiger partial charge in [-0.1, -0.05) is 97.1 Å². The fourth-order valence-corrected chi connectivity index (χ4v) is 5.45. The fourth-order valence-electron chi connectivity index (χ4n) is 5.45. The molecule has 0 aliphatic rings. The minimum absolute atomic E-state index is 0.377. The average Bonchev–Trinajstić information content (AvgIpc) is 3.34. The number of aromatic nitrogens is 4. The van der Waals surface area contributed by atoms with E-state index >= 15 is 0 Å². The Hall–Kier alpha value is -5.62. The summed E-state index contributed by atoms with van der Waals surface area (Å²) in [4.78, 5) is 27.9. The highest BCUT2D eigenvalue weighted by Crippen LogP contribution is 2.36. The van der Waals surface area contributed by atoms with E-state index in [4.69, 9.17) is 19.4 Å². The number of rotatable bonds is 3. The van der Waals surface area contributed by atoms with Crippen molar-refractivity contribution in [3.8, 4) is 28.7 Å². The minimum Gasteiger partial charge on any atom is -0.422 e. The normalized spacial score (nSPS) is 11.6. The van der Waals surface area contributed by atoms with Crippen LogP contribution in [0.3, 0.4) is 0 Å². The molecule has 0 bridgehead atoms. The molecule has 6 heteroatoms. The van der Waals surface area contributed by atoms with E-state index in [0.717, 1.165) is 43.7 Å². The Morgan fingerprint density at radius 3 is 1.80 bits per heavy atom. The predicted octanol–water partition coefficient (Wildman–Crippen LogP) is 7.56. The molecule has 0 amide bonds. The average molecular weight is 517 g/mol. The molecule has 0 unspecified atom stereocenters. The maximum Gasteiger partial charge on any atom is 0.344 e. The second-order valence-electron chi connectivity index (χ2n) is 9.67. The van der Waals surface area contributed by atoms with Crippen LogP contribution in [0.15, 0.2) is 131 Å². The highest BCUT2D eigenvalue weighted by molar-refractivity contribution is 6.17. The zero-order chi connectivity index (χ0) is 26.6. The lowest BCUT2D eigenvalue weighted by molar-refractivity contribution is 0.570. The molecule has 0 saturated heterocycles. The van der Waals surface area contributed by atoms with Crippen LogP contribution < -0.4 is 5.63 Å². The zero-order valence-electron chi connectivity index (χ0n) is 21.2. The van der Waals surface area contributed by atoms with Gasteiger partial charge in [-0.3, -0.25) is 4.57 Å². The van der Waals surface area contributed by atoms with Crippen molar-refractivity contribution < 1.29 is 4.42 Å². The van der Waals surface area contributed by atoms with Crippen LogP contribution in [0.25, 0.3) is 72.3 Å². The fraction of sp³-hybridized carbons (Fsp3) is 0. The molecule has 0 fully saturated rings. The third kappa shape index (κ3) is 3.43. The number of hydrogen-bond donors (Lipinski definition) is 0. The molecule has 0 aliphatic heterocycles. The molecular weight excluding hydrogens is 496 g/mol. The molecule has 188 valence electrons. The first-order valence-corrected chi connectivity index (χ1v) is 13.0. The number of benzene rings is 5. The third-order valence-electron chi connectivity index (χ3n) is 7.30. The van der Waals surface area contributed by atoms with Crippen LogP contribution in [0.5, 0.6) is 0 Å². The summed E-state index contributed by atoms with van der Waals surface area (Å²) in [5.74, 6) is 1.62. The summed E-state index contributed by atoms with van der Waals surface area (Å²) < 4.78 is 7.70. The van der Waals surface area contributed by atoms with Crippen LogP contribution in [0.4, 0.5) is 0 Å². The second-order valence-corrected chi connectivity index (χ2v) is 9.67. The number of hydrogen-bond acceptors (Lipinski definition) is 5. The molecule has 0 aliphatic carbocycles. The molecule has 6 nitrogen and oxygen atoms in total. The van der Waals surface area contributed by atoms with Crippen molar-refractivity contribution in [3.05, 3.63) is 132 Å². The highest BCUT2D eigenvalue weighted by Gasteiger charge is 2.19. The van der Waals surface area contributed by atoms with Crippen molar-refractivity contribution in [2.75, 3.05) is 0 Å². The van der Waals surface area contributed by atoms with Gasteiger partial charge in [0, 0.05) is 32.7 Å². The molecule has 5 aromatic carbocycles. The Morgan fingerprint density at radius 1 is 0.500 bits per heavy atom. The second kappa shape index (κ2) is 8.71. The molecule has 0 saturated carbocycles. The Morgan fingerprint density at radius 2 is 1.10 bits per heavy atom. The molecule has 3 aromatic heterocycles. The summed E-state index contributed by atoms with van der Waals surface area (Å²) in [7, 11) is 0. The van der Waals surface area contributed by atoms with Crippen molar-refractivity contribution in [3.63, 3.8) is 0 Å². The van der Waals surface area contributed by atoms with Crippen molar-refractivity contribution in [1.29, 1.82) is 0 Å². The molecule has 0 N–H and O–H groups in total. The Labute approximate surface area is 227 Å². The monoisotopic (exact) mass is 516 g/mol. The number of fused-ring (bicyclic) bond motifs is 6. The van der Waals surface area contributed by atoms with E-state index in [9.17, 15) is 4.79 Å². The van der Waals surface area contributed by atoms with Gasteiger partial charge in [0.2, 0.25) is 5.95 Å². The van der Waals surface area contributed by atoms with Crippen LogP contribution in [0.2, 0.25) is 0 Å². The summed E-state index contributed by atoms with van der Waals surface area (Å²) in [6.07, 6.45) is 0. The minimum atomic E-state index is -0.377. The molecule has 8 rings (SSSR count). The van der Waals surface area contributed by atoms with Crippen molar-refractivity contribution in [1.82, 2.24) is 19.5 Å². The first-order chi connectivity index (χ1) is 19.7. The van der Waals surface area contributed by atoms with Gasteiger partial charge in [-0.15, -0.1) is 0 Å². The Balaban J connectivity index is 1.50. The first-order valence-electron chi connectivity index (χ1n) is 13.0. The lowest BCUT2D eigenvalue weighted by Gasteiger charge is -2.11. The van der Waals surface area contributed by atoms with Gasteiger partial charge in [0.1, 0.15) is 5.58 Å². The van der Waals surface area contributed by atoms with E-state index in [-0.39, 0.29) is 5.63 Å². The van der Waals surface area contributed by atoms with Crippen LogP contribution in [-0.4, -0.2) is 19.5 Å². The van der Waals surface area contributed by atoms with Gasteiger partial charge in [0.15, 0.2) is 11.6 Å². The van der Waals surface area contributed by atoms with E-state index in [2.05, 4.69) is 18.2 Å². The van der Waals surface area contributed by atoms with Crippen LogP contribution in [0, 0.1) is 0 Å². The summed E-state index contributed by atoms with van der Waals surface area (Å²) in [5.41, 5.74) is 3.73. The molecule has 0 radical (unpaired) electrons. The van der Waals surface area contributed by atoms with Gasteiger partial charge in [-0.25, -0.2) is 9.78 Å². The van der Waals surface area contributed by atoms with Crippen LogP contribution in [0.1, 0.15) is 0 Å². The first kappa shape index (κ1) is 22.4. The van der Waals surface area contributed by atoms with Gasteiger partial charge in [0.25, 0.3) is 0 Å². The SMILES string of the molecule is O=c1oc2ccccc2c2cc3c4ccccc4n(-c4nc(-c5ccccc5)nc(-c5ccccc5)n4)c3cc12. The van der Waals surface area contributed by atoms with Gasteiger partial charge < -0.3 is 4.42 Å². The van der Waals surface area contributed by atoms with E-state index in [1.807, 2.05) is 108 Å². The molecule has 40 heavy (non-hydrogen) atoms. The quantitative estimate of drug-likeness (QED) is 0.179. The summed E-state index contributed by atoms with van der Waals surface area (Å²) in [6, 6.07) is 39.5. The van der Waals surface area contributed by atoms with Gasteiger partial charge in [0.05, 0.1) is 16.4 Å². The standard InChI is InChI=1S/C34H20N4O2/c39-33-27-20-29-26(19-25(27)24-16-8-10-18-30(24)40-33)23-15-7-9-17-28(23)38(29)34-36-31(21-11-3-1-4-12-21)35-32(37-34)22-13-5-2-6-14-22/h1-20H. The smallest absolute Gasteiger partial charge is 0.344 e. The van der Waals surface area contributed by atoms with Gasteiger partial charge in [-0.05, 0) is 24.3 Å². The van der Waals surface area contributed by atoms with Crippen LogP contribution in [-0.2, 0) is 0 Å². The zero-order valence-corrected chi connectivity index (χ0v) is 21.2. The summed E-state index contributed by atoms with van der Waals surface area (Å²) >= 11 is 0. The maximum atomic E-state index is 13.2. The van der Waals surface area contributed by atoms with E-state index in [1.54, 1.807) is 0 Å². The Kier molecular flexibility index (Phi) is 4.87. The molecule has 8 aromatic rings. The topological polar surface area (TPSA) is 73.8 Å². The van der Waals surface area contributed by atoms with Crippen molar-refractivity contribution >= 4 is 43.5 Å². The molecular formula is C34H20N4O2. The number of nitrogens with zero attached hydrogens (tertiary/aromatic N) is 4. The van der Waals surface area contributed by atoms with Crippen molar-refractivity contribution in [2.24, 2.45) is 0 Å². The largest absolute Gasteiger partial charge is 0.422 e. The third-order valence-corrected chi connectivity index (χ3v) is 7.30. The van der Waals surface area contributed by atoms with Gasteiger partial charge >= 0.3 is 5.63 Å².